The van der Waals surface area contributed by atoms with Crippen LogP contribution in [0.1, 0.15) is 37.4 Å². The van der Waals surface area contributed by atoms with E-state index in [0.29, 0.717) is 5.69 Å². The van der Waals surface area contributed by atoms with Gasteiger partial charge in [-0.1, -0.05) is 32.0 Å². The number of urea groups is 1. The molecule has 2 amide bonds. The number of aryl methyl sites for hydroxylation is 1. The molecule has 0 bridgehead atoms. The van der Waals surface area contributed by atoms with E-state index in [-0.39, 0.29) is 30.1 Å². The summed E-state index contributed by atoms with van der Waals surface area (Å²) >= 11 is 0. The van der Waals surface area contributed by atoms with Crippen LogP contribution in [0.5, 0.6) is 5.88 Å². The monoisotopic (exact) mass is 529 g/mol. The van der Waals surface area contributed by atoms with E-state index in [1.54, 1.807) is 17.9 Å². The second-order valence-corrected chi connectivity index (χ2v) is 9.15. The van der Waals surface area contributed by atoms with Gasteiger partial charge in [-0.15, -0.1) is 0 Å². The Labute approximate surface area is 220 Å². The lowest BCUT2D eigenvalue weighted by atomic mass is 9.99. The Hall–Kier alpha value is -3.93. The Morgan fingerprint density at radius 1 is 1.21 bits per heavy atom. The molecule has 2 aromatic heterocycles. The Balaban J connectivity index is 0.000000427. The fourth-order valence-corrected chi connectivity index (χ4v) is 4.17. The zero-order valence-electron chi connectivity index (χ0n) is 21.9. The maximum Gasteiger partial charge on any atom is 0.388 e. The number of hydrogen-bond donors (Lipinski definition) is 1. The molecule has 3 heterocycles. The van der Waals surface area contributed by atoms with Crippen molar-refractivity contribution in [3.8, 4) is 5.88 Å². The number of likely N-dealkylation sites (tertiary alicyclic amines) is 1. The maximum absolute atomic E-state index is 13.4. The number of aldehydes is 1. The smallest absolute Gasteiger partial charge is 0.388 e. The summed E-state index contributed by atoms with van der Waals surface area (Å²) in [6.07, 6.45) is 4.63. The van der Waals surface area contributed by atoms with Crippen LogP contribution in [0, 0.1) is 6.92 Å². The zero-order chi connectivity index (χ0) is 27.7. The average Bonchev–Trinajstić information content (AvgIpc) is 3.53. The molecule has 1 atom stereocenters. The standard InChI is InChI=1S/C22H28F2N4O2.C4H5N3O/c1-14(2)17-7-5-6-8-19(17)28(16-11-12-27(4)13-16)22(29)26-18-10-9-15(3)25-20(18)30-21(23)24;8-4-3-7-5-1-2-6-7/h5-10,14,16,21H,11-13H2,1-4H3,(H,26,29);1-2,4H,3H2. The summed E-state index contributed by atoms with van der Waals surface area (Å²) in [4.78, 5) is 32.4. The highest BCUT2D eigenvalue weighted by atomic mass is 19.3. The molecule has 4 rings (SSSR count). The number of ether oxygens (including phenoxy) is 1. The van der Waals surface area contributed by atoms with E-state index in [2.05, 4.69) is 44.0 Å². The van der Waals surface area contributed by atoms with Gasteiger partial charge < -0.3 is 19.7 Å². The van der Waals surface area contributed by atoms with Gasteiger partial charge in [0.15, 0.2) is 0 Å². The maximum atomic E-state index is 13.4. The molecule has 1 saturated heterocycles. The van der Waals surface area contributed by atoms with E-state index in [4.69, 9.17) is 0 Å². The minimum absolute atomic E-state index is 0.0345. The summed E-state index contributed by atoms with van der Waals surface area (Å²) in [7, 11) is 2.02. The van der Waals surface area contributed by atoms with E-state index in [0.717, 1.165) is 37.0 Å². The molecule has 3 aromatic rings. The molecule has 0 aliphatic carbocycles. The van der Waals surface area contributed by atoms with Gasteiger partial charge >= 0.3 is 12.6 Å². The number of para-hydroxylation sites is 1. The highest BCUT2D eigenvalue weighted by molar-refractivity contribution is 6.03. The second kappa shape index (κ2) is 13.6. The first-order valence-corrected chi connectivity index (χ1v) is 12.3. The molecule has 0 radical (unpaired) electrons. The molecule has 204 valence electrons. The fourth-order valence-electron chi connectivity index (χ4n) is 4.17. The van der Waals surface area contributed by atoms with Crippen molar-refractivity contribution in [3.63, 3.8) is 0 Å². The number of rotatable bonds is 8. The molecule has 1 N–H and O–H groups in total. The van der Waals surface area contributed by atoms with E-state index < -0.39 is 12.6 Å². The summed E-state index contributed by atoms with van der Waals surface area (Å²) in [6, 6.07) is 10.5. The van der Waals surface area contributed by atoms with E-state index in [9.17, 15) is 18.4 Å². The van der Waals surface area contributed by atoms with Crippen LogP contribution in [0.25, 0.3) is 0 Å². The molecular weight excluding hydrogens is 496 g/mol. The number of likely N-dealkylation sites (N-methyl/N-ethyl adjacent to an activating group) is 1. The predicted molar refractivity (Wildman–Crippen MR) is 140 cm³/mol. The lowest BCUT2D eigenvalue weighted by molar-refractivity contribution is -0.108. The third-order valence-corrected chi connectivity index (χ3v) is 5.91. The van der Waals surface area contributed by atoms with Gasteiger partial charge in [0.25, 0.3) is 0 Å². The van der Waals surface area contributed by atoms with Crippen molar-refractivity contribution in [3.05, 3.63) is 60.0 Å². The average molecular weight is 530 g/mol. The Morgan fingerprint density at radius 2 is 1.92 bits per heavy atom. The molecule has 0 spiro atoms. The number of carbonyl (C=O) groups excluding carboxylic acids is 2. The molecule has 12 heteroatoms. The highest BCUT2D eigenvalue weighted by Gasteiger charge is 2.32. The largest absolute Gasteiger partial charge is 0.415 e. The topological polar surface area (TPSA) is 105 Å². The number of aromatic nitrogens is 4. The predicted octanol–water partition coefficient (Wildman–Crippen LogP) is 4.33. The Kier molecular flexibility index (Phi) is 10.2. The molecule has 1 unspecified atom stereocenters. The number of anilines is 2. The Morgan fingerprint density at radius 3 is 2.53 bits per heavy atom. The normalized spacial score (nSPS) is 15.2. The number of benzene rings is 1. The number of alkyl halides is 2. The van der Waals surface area contributed by atoms with Crippen LogP contribution in [-0.4, -0.2) is 70.0 Å². The minimum atomic E-state index is -3.03. The summed E-state index contributed by atoms with van der Waals surface area (Å²) in [5.74, 6) is -0.0756. The lowest BCUT2D eigenvalue weighted by Gasteiger charge is -2.32. The number of nitrogens with zero attached hydrogens (tertiary/aromatic N) is 6. The van der Waals surface area contributed by atoms with Gasteiger partial charge in [-0.3, -0.25) is 4.90 Å². The number of halogens is 2. The Bertz CT molecular complexity index is 1190. The fraction of sp³-hybridized carbons (Fsp3) is 0.423. The molecule has 1 aromatic carbocycles. The van der Waals surface area contributed by atoms with Gasteiger partial charge in [0.1, 0.15) is 18.5 Å². The summed E-state index contributed by atoms with van der Waals surface area (Å²) < 4.78 is 30.2. The van der Waals surface area contributed by atoms with Crippen molar-refractivity contribution >= 4 is 23.7 Å². The zero-order valence-corrected chi connectivity index (χ0v) is 21.9. The third-order valence-electron chi connectivity index (χ3n) is 5.91. The van der Waals surface area contributed by atoms with E-state index >= 15 is 0 Å². The number of amides is 2. The second-order valence-electron chi connectivity index (χ2n) is 9.15. The van der Waals surface area contributed by atoms with Crippen LogP contribution in [0.2, 0.25) is 0 Å². The molecule has 10 nitrogen and oxygen atoms in total. The molecule has 38 heavy (non-hydrogen) atoms. The number of nitrogens with one attached hydrogen (secondary N) is 1. The molecule has 0 saturated carbocycles. The highest BCUT2D eigenvalue weighted by Crippen LogP contribution is 2.32. The van der Waals surface area contributed by atoms with Crippen LogP contribution in [0.3, 0.4) is 0 Å². The van der Waals surface area contributed by atoms with Crippen LogP contribution in [-0.2, 0) is 11.3 Å². The summed E-state index contributed by atoms with van der Waals surface area (Å²) in [5.41, 5.74) is 2.50. The quantitative estimate of drug-likeness (QED) is 0.433. The summed E-state index contributed by atoms with van der Waals surface area (Å²) in [5, 5.41) is 10.1. The molecular formula is C26H33F2N7O3. The first-order valence-electron chi connectivity index (χ1n) is 12.3. The minimum Gasteiger partial charge on any atom is -0.415 e. The van der Waals surface area contributed by atoms with Crippen molar-refractivity contribution in [1.82, 2.24) is 24.9 Å². The molecule has 1 aliphatic heterocycles. The van der Waals surface area contributed by atoms with Gasteiger partial charge in [-0.2, -0.15) is 23.8 Å². The first kappa shape index (κ1) is 28.6. The number of carbonyl (C=O) groups is 2. The van der Waals surface area contributed by atoms with Crippen LogP contribution >= 0.6 is 0 Å². The van der Waals surface area contributed by atoms with Crippen LogP contribution in [0.15, 0.2) is 48.8 Å². The van der Waals surface area contributed by atoms with E-state index in [1.807, 2.05) is 31.3 Å². The first-order chi connectivity index (χ1) is 18.2. The van der Waals surface area contributed by atoms with Crippen LogP contribution < -0.4 is 15.0 Å². The van der Waals surface area contributed by atoms with Gasteiger partial charge in [0.05, 0.1) is 18.4 Å². The number of hydrogen-bond acceptors (Lipinski definition) is 7. The van der Waals surface area contributed by atoms with Crippen LogP contribution in [0.4, 0.5) is 25.0 Å². The van der Waals surface area contributed by atoms with Crippen molar-refractivity contribution in [2.45, 2.75) is 52.3 Å². The molecule has 1 aliphatic rings. The van der Waals surface area contributed by atoms with Crippen molar-refractivity contribution in [2.24, 2.45) is 0 Å². The van der Waals surface area contributed by atoms with Crippen molar-refractivity contribution < 1.29 is 23.1 Å². The van der Waals surface area contributed by atoms with Crippen molar-refractivity contribution in [1.29, 1.82) is 0 Å². The van der Waals surface area contributed by atoms with Gasteiger partial charge in [0.2, 0.25) is 5.88 Å². The SMILES string of the molecule is Cc1ccc(NC(=O)N(c2ccccc2C(C)C)C2CCN(C)C2)c(OC(F)F)n1.O=CCn1nccn1. The lowest BCUT2D eigenvalue weighted by Crippen LogP contribution is -2.45. The van der Waals surface area contributed by atoms with Gasteiger partial charge in [-0.05, 0) is 56.6 Å². The van der Waals surface area contributed by atoms with E-state index in [1.165, 1.54) is 23.3 Å². The number of pyridine rings is 1. The third kappa shape index (κ3) is 7.78. The summed E-state index contributed by atoms with van der Waals surface area (Å²) in [6.45, 7) is 4.64. The van der Waals surface area contributed by atoms with Gasteiger partial charge in [-0.25, -0.2) is 9.78 Å². The van der Waals surface area contributed by atoms with Gasteiger partial charge in [0, 0.05) is 17.9 Å². The molecule has 1 fully saturated rings. The van der Waals surface area contributed by atoms with Crippen molar-refractivity contribution in [2.75, 3.05) is 30.4 Å².